The first-order chi connectivity index (χ1) is 7.38. The molecule has 0 saturated heterocycles. The number of rotatable bonds is 2. The first-order valence-corrected chi connectivity index (χ1v) is 4.87. The van der Waals surface area contributed by atoms with E-state index in [1.165, 1.54) is 10.8 Å². The van der Waals surface area contributed by atoms with Crippen molar-refractivity contribution in [2.24, 2.45) is 5.29 Å². The zero-order valence-electron chi connectivity index (χ0n) is 8.68. The van der Waals surface area contributed by atoms with Crippen molar-refractivity contribution < 1.29 is 0 Å². The fourth-order valence-corrected chi connectivity index (χ4v) is 1.20. The first-order valence-electron chi connectivity index (χ1n) is 4.87. The molecular weight excluding hydrogens is 188 g/mol. The van der Waals surface area contributed by atoms with Gasteiger partial charge in [0.05, 0.1) is 0 Å². The van der Waals surface area contributed by atoms with Gasteiger partial charge in [-0.2, -0.15) is 0 Å². The SMILES string of the molecule is CCNN=O.c1ccc2ccccc2c1. The smallest absolute Gasteiger partial charge is 0.0496 e. The molecule has 2 aromatic carbocycles. The Balaban J connectivity index is 0.000000195. The van der Waals surface area contributed by atoms with Crippen LogP contribution in [0.3, 0.4) is 0 Å². The summed E-state index contributed by atoms with van der Waals surface area (Å²) in [6.45, 7) is 2.42. The van der Waals surface area contributed by atoms with Crippen LogP contribution in [-0.4, -0.2) is 6.54 Å². The van der Waals surface area contributed by atoms with Gasteiger partial charge in [-0.15, -0.1) is 4.91 Å². The van der Waals surface area contributed by atoms with E-state index < -0.39 is 0 Å². The van der Waals surface area contributed by atoms with Crippen molar-refractivity contribution >= 4 is 10.8 Å². The van der Waals surface area contributed by atoms with E-state index in [2.05, 4.69) is 59.2 Å². The van der Waals surface area contributed by atoms with Gasteiger partial charge < -0.3 is 0 Å². The predicted octanol–water partition coefficient (Wildman–Crippen LogP) is 3.12. The fourth-order valence-electron chi connectivity index (χ4n) is 1.20. The number of nitroso groups, excluding NO2 is 1. The largest absolute Gasteiger partial charge is 0.274 e. The van der Waals surface area contributed by atoms with E-state index in [1.54, 1.807) is 6.92 Å². The molecule has 2 rings (SSSR count). The third-order valence-corrected chi connectivity index (χ3v) is 1.88. The molecule has 0 saturated carbocycles. The van der Waals surface area contributed by atoms with E-state index in [4.69, 9.17) is 4.91 Å². The van der Waals surface area contributed by atoms with Gasteiger partial charge in [0.25, 0.3) is 0 Å². The maximum atomic E-state index is 9.04. The number of nitrogens with one attached hydrogen (secondary N) is 1. The molecule has 0 unspecified atom stereocenters. The van der Waals surface area contributed by atoms with E-state index in [-0.39, 0.29) is 0 Å². The van der Waals surface area contributed by atoms with Crippen LogP contribution in [0.1, 0.15) is 6.92 Å². The average Bonchev–Trinajstić information content (AvgIpc) is 2.31. The second kappa shape index (κ2) is 6.54. The summed E-state index contributed by atoms with van der Waals surface area (Å²) in [7, 11) is 0. The number of benzene rings is 2. The minimum absolute atomic E-state index is 0.615. The molecule has 0 heterocycles. The molecule has 0 aliphatic rings. The standard InChI is InChI=1S/C10H8.C2H6N2O/c1-2-6-10-8-4-3-7-9(10)5-1;1-2-3-4-5/h1-8H;2H2,1H3,(H,3,5). The van der Waals surface area contributed by atoms with Crippen LogP contribution in [0.25, 0.3) is 10.8 Å². The normalized spacial score (nSPS) is 8.87. The molecule has 0 fully saturated rings. The van der Waals surface area contributed by atoms with Gasteiger partial charge in [0.2, 0.25) is 0 Å². The third-order valence-electron chi connectivity index (χ3n) is 1.88. The Morgan fingerprint density at radius 2 is 1.40 bits per heavy atom. The third kappa shape index (κ3) is 3.77. The van der Waals surface area contributed by atoms with Crippen LogP contribution in [0.2, 0.25) is 0 Å². The summed E-state index contributed by atoms with van der Waals surface area (Å²) >= 11 is 0. The molecule has 2 aromatic rings. The Bertz CT molecular complexity index is 350. The van der Waals surface area contributed by atoms with Gasteiger partial charge in [-0.25, -0.2) is 0 Å². The van der Waals surface area contributed by atoms with Crippen LogP contribution in [0.15, 0.2) is 53.8 Å². The van der Waals surface area contributed by atoms with E-state index in [9.17, 15) is 0 Å². The lowest BCUT2D eigenvalue weighted by Gasteiger charge is -1.92. The number of hydrogen-bond donors (Lipinski definition) is 1. The second-order valence-corrected chi connectivity index (χ2v) is 2.95. The average molecular weight is 202 g/mol. The molecule has 78 valence electrons. The minimum atomic E-state index is 0.615. The highest BCUT2D eigenvalue weighted by Gasteiger charge is 1.85. The van der Waals surface area contributed by atoms with Gasteiger partial charge in [0, 0.05) is 11.8 Å². The molecular formula is C12H14N2O. The highest BCUT2D eigenvalue weighted by molar-refractivity contribution is 5.81. The number of fused-ring (bicyclic) bond motifs is 1. The second-order valence-electron chi connectivity index (χ2n) is 2.95. The van der Waals surface area contributed by atoms with Crippen LogP contribution in [0.5, 0.6) is 0 Å². The van der Waals surface area contributed by atoms with Gasteiger partial charge in [-0.05, 0) is 17.7 Å². The zero-order chi connectivity index (χ0) is 10.9. The highest BCUT2D eigenvalue weighted by Crippen LogP contribution is 2.11. The van der Waals surface area contributed by atoms with Crippen molar-refractivity contribution in [3.8, 4) is 0 Å². The van der Waals surface area contributed by atoms with Crippen LogP contribution in [-0.2, 0) is 0 Å². The van der Waals surface area contributed by atoms with Gasteiger partial charge in [-0.3, -0.25) is 5.43 Å². The lowest BCUT2D eigenvalue weighted by atomic mass is 10.1. The molecule has 3 heteroatoms. The Morgan fingerprint density at radius 3 is 1.60 bits per heavy atom. The molecule has 3 nitrogen and oxygen atoms in total. The fraction of sp³-hybridized carbons (Fsp3) is 0.167. The quantitative estimate of drug-likeness (QED) is 0.600. The molecule has 1 N–H and O–H groups in total. The lowest BCUT2D eigenvalue weighted by Crippen LogP contribution is -1.99. The van der Waals surface area contributed by atoms with Gasteiger partial charge in [0.1, 0.15) is 0 Å². The van der Waals surface area contributed by atoms with Crippen molar-refractivity contribution in [1.82, 2.24) is 5.43 Å². The van der Waals surface area contributed by atoms with Crippen LogP contribution < -0.4 is 5.43 Å². The van der Waals surface area contributed by atoms with Crippen molar-refractivity contribution in [2.75, 3.05) is 6.54 Å². The van der Waals surface area contributed by atoms with Gasteiger partial charge in [0.15, 0.2) is 0 Å². The van der Waals surface area contributed by atoms with Gasteiger partial charge in [-0.1, -0.05) is 48.5 Å². The summed E-state index contributed by atoms with van der Waals surface area (Å²) in [5.41, 5.74) is 2.18. The molecule has 15 heavy (non-hydrogen) atoms. The Hall–Kier alpha value is -1.90. The van der Waals surface area contributed by atoms with Crippen LogP contribution >= 0.6 is 0 Å². The Morgan fingerprint density at radius 1 is 1.00 bits per heavy atom. The summed E-state index contributed by atoms with van der Waals surface area (Å²) in [5, 5.41) is 4.97. The molecule has 0 spiro atoms. The van der Waals surface area contributed by atoms with Crippen molar-refractivity contribution in [1.29, 1.82) is 0 Å². The van der Waals surface area contributed by atoms with Crippen LogP contribution in [0.4, 0.5) is 0 Å². The summed E-state index contributed by atoms with van der Waals surface area (Å²) in [5.74, 6) is 0. The summed E-state index contributed by atoms with van der Waals surface area (Å²) in [6, 6.07) is 16.7. The summed E-state index contributed by atoms with van der Waals surface area (Å²) < 4.78 is 0. The van der Waals surface area contributed by atoms with Gasteiger partial charge >= 0.3 is 0 Å². The Labute approximate surface area is 89.1 Å². The Kier molecular flexibility index (Phi) is 4.87. The maximum absolute atomic E-state index is 9.04. The molecule has 0 radical (unpaired) electrons. The van der Waals surface area contributed by atoms with Crippen LogP contribution in [0, 0.1) is 4.91 Å². The van der Waals surface area contributed by atoms with Crippen molar-refractivity contribution in [3.63, 3.8) is 0 Å². The molecule has 0 aliphatic carbocycles. The number of nitrogens with zero attached hydrogens (tertiary/aromatic N) is 1. The topological polar surface area (TPSA) is 41.5 Å². The van der Waals surface area contributed by atoms with E-state index in [0.717, 1.165) is 0 Å². The summed E-state index contributed by atoms with van der Waals surface area (Å²) in [4.78, 5) is 9.04. The highest BCUT2D eigenvalue weighted by atomic mass is 16.3. The van der Waals surface area contributed by atoms with E-state index in [0.29, 0.717) is 6.54 Å². The minimum Gasteiger partial charge on any atom is -0.274 e. The van der Waals surface area contributed by atoms with Crippen molar-refractivity contribution in [3.05, 3.63) is 53.4 Å². The van der Waals surface area contributed by atoms with E-state index >= 15 is 0 Å². The molecule has 0 aliphatic heterocycles. The van der Waals surface area contributed by atoms with E-state index in [1.807, 2.05) is 0 Å². The van der Waals surface area contributed by atoms with Crippen molar-refractivity contribution in [2.45, 2.75) is 6.92 Å². The molecule has 0 atom stereocenters. The summed E-state index contributed by atoms with van der Waals surface area (Å²) in [6.07, 6.45) is 0. The zero-order valence-corrected chi connectivity index (χ0v) is 8.68. The predicted molar refractivity (Wildman–Crippen MR) is 63.4 cm³/mol. The lowest BCUT2D eigenvalue weighted by molar-refractivity contribution is 0.775. The number of hydrogen-bond acceptors (Lipinski definition) is 2. The monoisotopic (exact) mass is 202 g/mol. The molecule has 0 amide bonds. The molecule has 0 aromatic heterocycles. The maximum Gasteiger partial charge on any atom is 0.0496 e. The molecule has 0 bridgehead atoms. The first kappa shape index (κ1) is 11.2.